The molecule has 3 aromatic heterocycles. The van der Waals surface area contributed by atoms with E-state index in [0.29, 0.717) is 34.7 Å². The van der Waals surface area contributed by atoms with Crippen LogP contribution in [0.3, 0.4) is 0 Å². The van der Waals surface area contributed by atoms with Crippen molar-refractivity contribution in [3.8, 4) is 11.1 Å². The monoisotopic (exact) mass is 446 g/mol. The van der Waals surface area contributed by atoms with Gasteiger partial charge in [-0.05, 0) is 54.3 Å². The number of nitrogens with zero attached hydrogens (tertiary/aromatic N) is 5. The number of hydrogen-bond donors (Lipinski definition) is 1. The lowest BCUT2D eigenvalue weighted by Gasteiger charge is -2.32. The molecule has 0 radical (unpaired) electrons. The van der Waals surface area contributed by atoms with Crippen molar-refractivity contribution in [3.63, 3.8) is 0 Å². The summed E-state index contributed by atoms with van der Waals surface area (Å²) in [5, 5.41) is 10.9. The van der Waals surface area contributed by atoms with Crippen LogP contribution in [-0.4, -0.2) is 39.7 Å². The third-order valence-electron chi connectivity index (χ3n) is 5.78. The SMILES string of the molecule is CNC(=O)c1cc2cccnc2c(N2CCCc3cc(-c4ccnnc4)c(C(F)F)cc32)n1. The zero-order valence-corrected chi connectivity index (χ0v) is 17.8. The van der Waals surface area contributed by atoms with Crippen molar-refractivity contribution in [2.75, 3.05) is 18.5 Å². The summed E-state index contributed by atoms with van der Waals surface area (Å²) in [6.07, 6.45) is 3.49. The Morgan fingerprint density at radius 3 is 2.79 bits per heavy atom. The number of nitrogens with one attached hydrogen (secondary N) is 1. The van der Waals surface area contributed by atoms with Crippen LogP contribution >= 0.6 is 0 Å². The number of aromatic nitrogens is 4. The van der Waals surface area contributed by atoms with E-state index >= 15 is 0 Å². The van der Waals surface area contributed by atoms with Crippen LogP contribution in [0.15, 0.2) is 55.0 Å². The summed E-state index contributed by atoms with van der Waals surface area (Å²) < 4.78 is 28.3. The summed E-state index contributed by atoms with van der Waals surface area (Å²) >= 11 is 0. The molecule has 0 spiro atoms. The number of pyridine rings is 2. The van der Waals surface area contributed by atoms with Crippen molar-refractivity contribution >= 4 is 28.3 Å². The molecule has 166 valence electrons. The van der Waals surface area contributed by atoms with Gasteiger partial charge in [-0.25, -0.2) is 13.8 Å². The fourth-order valence-corrected chi connectivity index (χ4v) is 4.25. The minimum Gasteiger partial charge on any atom is -0.354 e. The number of alkyl halides is 2. The summed E-state index contributed by atoms with van der Waals surface area (Å²) in [7, 11) is 1.54. The van der Waals surface area contributed by atoms with Crippen LogP contribution < -0.4 is 10.2 Å². The van der Waals surface area contributed by atoms with Crippen LogP contribution in [0.4, 0.5) is 20.3 Å². The second-order valence-corrected chi connectivity index (χ2v) is 7.74. The minimum atomic E-state index is -2.68. The number of hydrogen-bond acceptors (Lipinski definition) is 6. The molecule has 0 unspecified atom stereocenters. The first-order valence-electron chi connectivity index (χ1n) is 10.5. The Bertz CT molecular complexity index is 1350. The van der Waals surface area contributed by atoms with Gasteiger partial charge in [0.25, 0.3) is 12.3 Å². The third-order valence-corrected chi connectivity index (χ3v) is 5.78. The minimum absolute atomic E-state index is 0.0895. The maximum atomic E-state index is 14.1. The van der Waals surface area contributed by atoms with E-state index in [2.05, 4.69) is 25.5 Å². The van der Waals surface area contributed by atoms with Crippen LogP contribution in [0.5, 0.6) is 0 Å². The number of benzene rings is 1. The molecule has 0 fully saturated rings. The Balaban J connectivity index is 1.72. The van der Waals surface area contributed by atoms with Gasteiger partial charge < -0.3 is 10.2 Å². The highest BCUT2D eigenvalue weighted by molar-refractivity contribution is 6.00. The molecule has 1 N–H and O–H groups in total. The molecule has 4 heterocycles. The highest BCUT2D eigenvalue weighted by Crippen LogP contribution is 2.41. The molecule has 0 atom stereocenters. The van der Waals surface area contributed by atoms with Gasteiger partial charge in [0.05, 0.1) is 12.4 Å². The molecule has 0 aliphatic carbocycles. The van der Waals surface area contributed by atoms with Gasteiger partial charge >= 0.3 is 0 Å². The standard InChI is InChI=1S/C24H20F2N6O/c1-27-24(33)19-11-15-4-2-7-28-21(15)23(31-19)32-9-3-5-14-10-17(16-6-8-29-30-13-16)18(22(25)26)12-20(14)32/h2,4,6-8,10-13,22H,3,5,9H2,1H3,(H,27,33). The number of carbonyl (C=O) groups excluding carboxylic acids is 1. The number of halogens is 2. The molecule has 7 nitrogen and oxygen atoms in total. The topological polar surface area (TPSA) is 83.9 Å². The summed E-state index contributed by atoms with van der Waals surface area (Å²) in [6.45, 7) is 0.571. The number of amides is 1. The number of anilines is 2. The Labute approximate surface area is 188 Å². The van der Waals surface area contributed by atoms with E-state index in [-0.39, 0.29) is 17.2 Å². The summed E-state index contributed by atoms with van der Waals surface area (Å²) in [5.74, 6) is 0.152. The molecule has 1 aliphatic heterocycles. The lowest BCUT2D eigenvalue weighted by atomic mass is 9.92. The maximum Gasteiger partial charge on any atom is 0.269 e. The van der Waals surface area contributed by atoms with Crippen LogP contribution in [0.2, 0.25) is 0 Å². The third kappa shape index (κ3) is 3.75. The first-order chi connectivity index (χ1) is 16.1. The van der Waals surface area contributed by atoms with Gasteiger partial charge in [0.1, 0.15) is 11.2 Å². The Morgan fingerprint density at radius 1 is 1.15 bits per heavy atom. The van der Waals surface area contributed by atoms with E-state index in [1.54, 1.807) is 30.5 Å². The van der Waals surface area contributed by atoms with Gasteiger partial charge in [-0.3, -0.25) is 9.78 Å². The molecule has 1 aliphatic rings. The zero-order chi connectivity index (χ0) is 22.9. The number of carbonyl (C=O) groups is 1. The molecular weight excluding hydrogens is 426 g/mol. The average Bonchev–Trinajstić information content (AvgIpc) is 2.86. The van der Waals surface area contributed by atoms with Crippen molar-refractivity contribution in [2.45, 2.75) is 19.3 Å². The highest BCUT2D eigenvalue weighted by Gasteiger charge is 2.27. The van der Waals surface area contributed by atoms with Crippen molar-refractivity contribution in [1.82, 2.24) is 25.5 Å². The van der Waals surface area contributed by atoms with Gasteiger partial charge in [0.15, 0.2) is 5.82 Å². The smallest absolute Gasteiger partial charge is 0.269 e. The van der Waals surface area contributed by atoms with E-state index in [1.807, 2.05) is 11.0 Å². The lowest BCUT2D eigenvalue weighted by Crippen LogP contribution is -2.27. The van der Waals surface area contributed by atoms with Crippen molar-refractivity contribution < 1.29 is 13.6 Å². The Hall–Kier alpha value is -4.01. The largest absolute Gasteiger partial charge is 0.354 e. The molecule has 9 heteroatoms. The van der Waals surface area contributed by atoms with Crippen molar-refractivity contribution in [2.24, 2.45) is 0 Å². The van der Waals surface area contributed by atoms with E-state index in [9.17, 15) is 13.6 Å². The van der Waals surface area contributed by atoms with Crippen LogP contribution in [0, 0.1) is 0 Å². The molecule has 1 amide bonds. The molecular formula is C24H20F2N6O. The normalized spacial score (nSPS) is 13.3. The first-order valence-corrected chi connectivity index (χ1v) is 10.5. The quantitative estimate of drug-likeness (QED) is 0.498. The van der Waals surface area contributed by atoms with Gasteiger partial charge in [-0.2, -0.15) is 10.2 Å². The maximum absolute atomic E-state index is 14.1. The van der Waals surface area contributed by atoms with E-state index in [4.69, 9.17) is 0 Å². The zero-order valence-electron chi connectivity index (χ0n) is 17.8. The predicted molar refractivity (Wildman–Crippen MR) is 121 cm³/mol. The van der Waals surface area contributed by atoms with Crippen LogP contribution in [0.1, 0.15) is 34.5 Å². The van der Waals surface area contributed by atoms with E-state index in [1.165, 1.54) is 25.5 Å². The molecule has 1 aromatic carbocycles. The van der Waals surface area contributed by atoms with Crippen LogP contribution in [0.25, 0.3) is 22.0 Å². The Kier molecular flexibility index (Phi) is 5.37. The molecule has 0 bridgehead atoms. The average molecular weight is 446 g/mol. The molecule has 0 saturated heterocycles. The second kappa shape index (κ2) is 8.50. The van der Waals surface area contributed by atoms with Crippen molar-refractivity contribution in [1.29, 1.82) is 0 Å². The first kappa shape index (κ1) is 20.9. The fraction of sp³-hybridized carbons (Fsp3) is 0.208. The summed E-state index contributed by atoms with van der Waals surface area (Å²) in [5.41, 5.74) is 3.37. The summed E-state index contributed by atoms with van der Waals surface area (Å²) in [6, 6.07) is 10.3. The molecule has 4 aromatic rings. The molecule has 0 saturated carbocycles. The lowest BCUT2D eigenvalue weighted by molar-refractivity contribution is 0.0958. The number of aryl methyl sites for hydroxylation is 1. The predicted octanol–water partition coefficient (Wildman–Crippen LogP) is 4.47. The molecule has 33 heavy (non-hydrogen) atoms. The Morgan fingerprint density at radius 2 is 2.03 bits per heavy atom. The van der Waals surface area contributed by atoms with Gasteiger partial charge in [0.2, 0.25) is 0 Å². The molecule has 5 rings (SSSR count). The van der Waals surface area contributed by atoms with Gasteiger partial charge in [0, 0.05) is 42.0 Å². The van der Waals surface area contributed by atoms with Crippen molar-refractivity contribution in [3.05, 3.63) is 71.8 Å². The van der Waals surface area contributed by atoms with E-state index in [0.717, 1.165) is 23.8 Å². The fourth-order valence-electron chi connectivity index (χ4n) is 4.25. The second-order valence-electron chi connectivity index (χ2n) is 7.74. The van der Waals surface area contributed by atoms with Gasteiger partial charge in [-0.1, -0.05) is 6.07 Å². The van der Waals surface area contributed by atoms with Gasteiger partial charge in [-0.15, -0.1) is 0 Å². The van der Waals surface area contributed by atoms with Crippen LogP contribution in [-0.2, 0) is 6.42 Å². The number of rotatable bonds is 4. The summed E-state index contributed by atoms with van der Waals surface area (Å²) in [4.78, 5) is 23.3. The highest BCUT2D eigenvalue weighted by atomic mass is 19.3. The number of fused-ring (bicyclic) bond motifs is 2. The van der Waals surface area contributed by atoms with E-state index < -0.39 is 6.43 Å².